The van der Waals surface area contributed by atoms with Crippen LogP contribution >= 0.6 is 11.3 Å². The van der Waals surface area contributed by atoms with Crippen molar-refractivity contribution < 1.29 is 18.4 Å². The Kier molecular flexibility index (Phi) is 4.26. The number of hydrazine groups is 1. The van der Waals surface area contributed by atoms with Gasteiger partial charge in [-0.05, 0) is 36.8 Å². The van der Waals surface area contributed by atoms with Crippen LogP contribution in [0.15, 0.2) is 42.5 Å². The van der Waals surface area contributed by atoms with Gasteiger partial charge in [-0.1, -0.05) is 18.2 Å². The van der Waals surface area contributed by atoms with E-state index >= 15 is 0 Å². The van der Waals surface area contributed by atoms with Crippen molar-refractivity contribution in [2.24, 2.45) is 0 Å². The van der Waals surface area contributed by atoms with Crippen LogP contribution in [0, 0.1) is 18.6 Å². The monoisotopic (exact) mass is 346 g/mol. The van der Waals surface area contributed by atoms with Crippen LogP contribution in [0.3, 0.4) is 0 Å². The zero-order valence-electron chi connectivity index (χ0n) is 12.5. The Morgan fingerprint density at radius 2 is 1.58 bits per heavy atom. The lowest BCUT2D eigenvalue weighted by atomic mass is 10.1. The predicted molar refractivity (Wildman–Crippen MR) is 87.9 cm³/mol. The van der Waals surface area contributed by atoms with E-state index in [4.69, 9.17) is 0 Å². The molecule has 24 heavy (non-hydrogen) atoms. The molecule has 1 aromatic heterocycles. The highest BCUT2D eigenvalue weighted by atomic mass is 32.1. The Morgan fingerprint density at radius 3 is 2.29 bits per heavy atom. The molecule has 1 heterocycles. The van der Waals surface area contributed by atoms with Gasteiger partial charge in [0.15, 0.2) is 0 Å². The Bertz CT molecular complexity index is 953. The van der Waals surface area contributed by atoms with Crippen LogP contribution in [-0.4, -0.2) is 11.8 Å². The van der Waals surface area contributed by atoms with Gasteiger partial charge in [-0.15, -0.1) is 11.3 Å². The summed E-state index contributed by atoms with van der Waals surface area (Å²) in [7, 11) is 0. The molecule has 2 amide bonds. The van der Waals surface area contributed by atoms with Crippen LogP contribution in [-0.2, 0) is 0 Å². The second-order valence-corrected chi connectivity index (χ2v) is 6.11. The molecule has 0 bridgehead atoms. The van der Waals surface area contributed by atoms with Gasteiger partial charge < -0.3 is 0 Å². The van der Waals surface area contributed by atoms with Crippen LogP contribution in [0.25, 0.3) is 10.1 Å². The van der Waals surface area contributed by atoms with E-state index in [1.807, 2.05) is 0 Å². The minimum atomic E-state index is -0.772. The summed E-state index contributed by atoms with van der Waals surface area (Å²) < 4.78 is 28.0. The number of rotatable bonds is 2. The van der Waals surface area contributed by atoms with Gasteiger partial charge in [-0.2, -0.15) is 0 Å². The van der Waals surface area contributed by atoms with Gasteiger partial charge in [0.05, 0.1) is 10.4 Å². The van der Waals surface area contributed by atoms with Crippen molar-refractivity contribution in [3.8, 4) is 0 Å². The zero-order chi connectivity index (χ0) is 17.3. The molecule has 4 nitrogen and oxygen atoms in total. The summed E-state index contributed by atoms with van der Waals surface area (Å²) in [6.07, 6.45) is 0. The first-order valence-corrected chi connectivity index (χ1v) is 7.83. The molecule has 3 rings (SSSR count). The third-order valence-electron chi connectivity index (χ3n) is 3.52. The average Bonchev–Trinajstić information content (AvgIpc) is 2.91. The van der Waals surface area contributed by atoms with Crippen molar-refractivity contribution in [2.75, 3.05) is 0 Å². The largest absolute Gasteiger partial charge is 0.280 e. The maximum atomic E-state index is 13.9. The molecule has 0 aliphatic carbocycles. The van der Waals surface area contributed by atoms with E-state index in [2.05, 4.69) is 10.9 Å². The molecule has 0 unspecified atom stereocenters. The van der Waals surface area contributed by atoms with E-state index in [1.165, 1.54) is 24.3 Å². The summed E-state index contributed by atoms with van der Waals surface area (Å²) in [5.41, 5.74) is 4.70. The molecular weight excluding hydrogens is 334 g/mol. The maximum absolute atomic E-state index is 13.9. The van der Waals surface area contributed by atoms with E-state index in [0.717, 1.165) is 17.4 Å². The van der Waals surface area contributed by atoms with E-state index in [-0.39, 0.29) is 10.4 Å². The highest BCUT2D eigenvalue weighted by Crippen LogP contribution is 2.32. The van der Waals surface area contributed by atoms with E-state index in [9.17, 15) is 18.4 Å². The second kappa shape index (κ2) is 6.37. The van der Waals surface area contributed by atoms with Crippen LogP contribution < -0.4 is 10.9 Å². The Labute approximate surface area is 140 Å². The molecule has 0 aliphatic rings. The van der Waals surface area contributed by atoms with E-state index < -0.39 is 23.4 Å². The molecule has 0 radical (unpaired) electrons. The van der Waals surface area contributed by atoms with Gasteiger partial charge in [0.2, 0.25) is 0 Å². The summed E-state index contributed by atoms with van der Waals surface area (Å²) in [6.45, 7) is 1.63. The molecule has 0 spiro atoms. The molecule has 0 saturated heterocycles. The fraction of sp³-hybridized carbons (Fsp3) is 0.0588. The van der Waals surface area contributed by atoms with Crippen LogP contribution in [0.5, 0.6) is 0 Å². The highest BCUT2D eigenvalue weighted by molar-refractivity contribution is 7.21. The average molecular weight is 346 g/mol. The molecule has 0 atom stereocenters. The predicted octanol–water partition coefficient (Wildman–Crippen LogP) is 3.56. The van der Waals surface area contributed by atoms with Crippen molar-refractivity contribution in [3.05, 3.63) is 70.1 Å². The third kappa shape index (κ3) is 2.85. The fourth-order valence-electron chi connectivity index (χ4n) is 2.35. The molecule has 122 valence electrons. The Hall–Kier alpha value is -2.80. The Balaban J connectivity index is 1.79. The topological polar surface area (TPSA) is 58.2 Å². The summed E-state index contributed by atoms with van der Waals surface area (Å²) in [5, 5.41) is 0.382. The van der Waals surface area contributed by atoms with Gasteiger partial charge in [-0.3, -0.25) is 20.4 Å². The molecule has 0 saturated carbocycles. The first-order chi connectivity index (χ1) is 11.5. The maximum Gasteiger partial charge on any atom is 0.280 e. The minimum Gasteiger partial charge on any atom is -0.267 e. The van der Waals surface area contributed by atoms with Crippen molar-refractivity contribution in [1.82, 2.24) is 10.9 Å². The lowest BCUT2D eigenvalue weighted by Crippen LogP contribution is -2.41. The summed E-state index contributed by atoms with van der Waals surface area (Å²) in [5.74, 6) is -2.45. The molecule has 2 aromatic carbocycles. The molecule has 3 aromatic rings. The van der Waals surface area contributed by atoms with Crippen molar-refractivity contribution in [1.29, 1.82) is 0 Å². The highest BCUT2D eigenvalue weighted by Gasteiger charge is 2.19. The SMILES string of the molecule is Cc1c(C(=O)NNC(=O)c2ccccc2F)sc2cccc(F)c12. The molecule has 0 fully saturated rings. The first-order valence-electron chi connectivity index (χ1n) is 7.02. The summed E-state index contributed by atoms with van der Waals surface area (Å²) in [4.78, 5) is 24.4. The van der Waals surface area contributed by atoms with E-state index in [0.29, 0.717) is 15.6 Å². The molecule has 2 N–H and O–H groups in total. The van der Waals surface area contributed by atoms with Crippen molar-refractivity contribution in [3.63, 3.8) is 0 Å². The Morgan fingerprint density at radius 1 is 0.917 bits per heavy atom. The number of hydrogen-bond acceptors (Lipinski definition) is 3. The fourth-order valence-corrected chi connectivity index (χ4v) is 3.47. The standard InChI is InChI=1S/C17H12F2N2O2S/c1-9-14-12(19)7-4-8-13(14)24-15(9)17(23)21-20-16(22)10-5-2-3-6-11(10)18/h2-8H,1H3,(H,20,22)(H,21,23). The van der Waals surface area contributed by atoms with Gasteiger partial charge in [-0.25, -0.2) is 8.78 Å². The van der Waals surface area contributed by atoms with Crippen molar-refractivity contribution >= 4 is 33.2 Å². The molecular formula is C17H12F2N2O2S. The summed E-state index contributed by atoms with van der Waals surface area (Å²) >= 11 is 1.12. The number of carbonyl (C=O) groups is 2. The number of halogens is 2. The smallest absolute Gasteiger partial charge is 0.267 e. The zero-order valence-corrected chi connectivity index (χ0v) is 13.3. The van der Waals surface area contributed by atoms with Crippen LogP contribution in [0.1, 0.15) is 25.6 Å². The van der Waals surface area contributed by atoms with Crippen molar-refractivity contribution in [2.45, 2.75) is 6.92 Å². The number of benzene rings is 2. The molecule has 0 aliphatic heterocycles. The third-order valence-corrected chi connectivity index (χ3v) is 4.77. The lowest BCUT2D eigenvalue weighted by molar-refractivity contribution is 0.0846. The van der Waals surface area contributed by atoms with Gasteiger partial charge >= 0.3 is 0 Å². The molecule has 7 heteroatoms. The number of nitrogens with one attached hydrogen (secondary N) is 2. The lowest BCUT2D eigenvalue weighted by Gasteiger charge is -2.07. The first kappa shape index (κ1) is 16.1. The van der Waals surface area contributed by atoms with Gasteiger partial charge in [0.1, 0.15) is 11.6 Å². The van der Waals surface area contributed by atoms with E-state index in [1.54, 1.807) is 19.1 Å². The van der Waals surface area contributed by atoms with Gasteiger partial charge in [0.25, 0.3) is 11.8 Å². The number of aryl methyl sites for hydroxylation is 1. The van der Waals surface area contributed by atoms with Crippen LogP contribution in [0.4, 0.5) is 8.78 Å². The van der Waals surface area contributed by atoms with Crippen LogP contribution in [0.2, 0.25) is 0 Å². The normalized spacial score (nSPS) is 10.6. The van der Waals surface area contributed by atoms with Gasteiger partial charge in [0, 0.05) is 10.1 Å². The number of fused-ring (bicyclic) bond motifs is 1. The number of amides is 2. The minimum absolute atomic E-state index is 0.183. The number of carbonyl (C=O) groups excluding carboxylic acids is 2. The summed E-state index contributed by atoms with van der Waals surface area (Å²) in [6, 6.07) is 10.0. The number of thiophene rings is 1. The second-order valence-electron chi connectivity index (χ2n) is 5.06. The quantitative estimate of drug-likeness (QED) is 0.697. The number of hydrogen-bond donors (Lipinski definition) is 2.